The Morgan fingerprint density at radius 2 is 2.12 bits per heavy atom. The molecule has 17 heavy (non-hydrogen) atoms. The van der Waals surface area contributed by atoms with Crippen molar-refractivity contribution in [2.75, 3.05) is 13.1 Å². The lowest BCUT2D eigenvalue weighted by Crippen LogP contribution is -2.26. The van der Waals surface area contributed by atoms with Crippen molar-refractivity contribution in [3.05, 3.63) is 33.4 Å². The average molecular weight is 345 g/mol. The van der Waals surface area contributed by atoms with E-state index in [1.54, 1.807) is 0 Å². The van der Waals surface area contributed by atoms with Crippen LogP contribution in [-0.4, -0.2) is 29.1 Å². The fourth-order valence-corrected chi connectivity index (χ4v) is 2.65. The van der Waals surface area contributed by atoms with E-state index in [0.29, 0.717) is 12.6 Å². The summed E-state index contributed by atoms with van der Waals surface area (Å²) >= 11 is 2.29. The third-order valence-corrected chi connectivity index (χ3v) is 4.19. The first-order valence-electron chi connectivity index (χ1n) is 5.80. The van der Waals surface area contributed by atoms with E-state index in [-0.39, 0.29) is 5.92 Å². The van der Waals surface area contributed by atoms with Crippen molar-refractivity contribution in [1.29, 1.82) is 0 Å². The number of hydrogen-bond donors (Lipinski definition) is 1. The molecule has 2 rings (SSSR count). The number of carbonyl (C=O) groups is 1. The zero-order valence-electron chi connectivity index (χ0n) is 9.77. The van der Waals surface area contributed by atoms with Crippen LogP contribution in [0.15, 0.2) is 24.3 Å². The van der Waals surface area contributed by atoms with Crippen molar-refractivity contribution in [1.82, 2.24) is 4.90 Å². The molecule has 1 N–H and O–H groups in total. The number of hydrogen-bond acceptors (Lipinski definition) is 2. The number of aliphatic carboxylic acids is 1. The Morgan fingerprint density at radius 1 is 1.47 bits per heavy atom. The second kappa shape index (κ2) is 5.35. The molecule has 1 aromatic rings. The van der Waals surface area contributed by atoms with Gasteiger partial charge in [-0.1, -0.05) is 12.1 Å². The maximum atomic E-state index is 10.9. The van der Waals surface area contributed by atoms with Crippen LogP contribution in [0.4, 0.5) is 0 Å². The van der Waals surface area contributed by atoms with Crippen molar-refractivity contribution in [2.24, 2.45) is 5.92 Å². The van der Waals surface area contributed by atoms with E-state index in [2.05, 4.69) is 58.7 Å². The highest BCUT2D eigenvalue weighted by molar-refractivity contribution is 14.1. The van der Waals surface area contributed by atoms with Gasteiger partial charge in [-0.2, -0.15) is 0 Å². The van der Waals surface area contributed by atoms with Crippen LogP contribution >= 0.6 is 22.6 Å². The molecule has 1 aliphatic heterocycles. The molecular formula is C13H16INO2. The smallest absolute Gasteiger partial charge is 0.307 e. The van der Waals surface area contributed by atoms with Gasteiger partial charge in [0, 0.05) is 16.2 Å². The highest BCUT2D eigenvalue weighted by atomic mass is 127. The molecule has 0 aliphatic carbocycles. The number of nitrogens with zero attached hydrogens (tertiary/aromatic N) is 1. The van der Waals surface area contributed by atoms with Gasteiger partial charge in [0.1, 0.15) is 0 Å². The third kappa shape index (κ3) is 2.98. The summed E-state index contributed by atoms with van der Waals surface area (Å²) < 4.78 is 1.23. The van der Waals surface area contributed by atoms with Crippen molar-refractivity contribution in [3.63, 3.8) is 0 Å². The summed E-state index contributed by atoms with van der Waals surface area (Å²) in [7, 11) is 0. The van der Waals surface area contributed by atoms with Gasteiger partial charge in [-0.05, 0) is 60.2 Å². The number of benzene rings is 1. The topological polar surface area (TPSA) is 40.5 Å². The number of halogens is 1. The van der Waals surface area contributed by atoms with Crippen molar-refractivity contribution in [2.45, 2.75) is 19.4 Å². The van der Waals surface area contributed by atoms with Gasteiger partial charge < -0.3 is 5.11 Å². The molecule has 1 aromatic carbocycles. The number of rotatable bonds is 3. The van der Waals surface area contributed by atoms with Gasteiger partial charge >= 0.3 is 5.97 Å². The molecule has 0 bridgehead atoms. The molecule has 0 radical (unpaired) electrons. The number of carboxylic acid groups (broad SMARTS) is 1. The molecule has 0 spiro atoms. The lowest BCUT2D eigenvalue weighted by molar-refractivity contribution is -0.141. The van der Waals surface area contributed by atoms with Gasteiger partial charge in [-0.25, -0.2) is 0 Å². The first-order valence-corrected chi connectivity index (χ1v) is 6.88. The van der Waals surface area contributed by atoms with Crippen LogP contribution in [0.5, 0.6) is 0 Å². The van der Waals surface area contributed by atoms with Gasteiger partial charge in [0.15, 0.2) is 0 Å². The summed E-state index contributed by atoms with van der Waals surface area (Å²) in [5.41, 5.74) is 1.26. The quantitative estimate of drug-likeness (QED) is 0.857. The zero-order chi connectivity index (χ0) is 12.4. The predicted octanol–water partition coefficient (Wildman–Crippen LogP) is 2.76. The number of carboxylic acids is 1. The summed E-state index contributed by atoms with van der Waals surface area (Å²) in [5.74, 6) is -0.858. The first kappa shape index (κ1) is 12.8. The SMILES string of the molecule is CC(c1ccc(I)cc1)N1CCC(C(=O)O)C1. The molecule has 1 heterocycles. The van der Waals surface area contributed by atoms with Crippen LogP contribution in [0.25, 0.3) is 0 Å². The van der Waals surface area contributed by atoms with Gasteiger partial charge in [-0.3, -0.25) is 9.69 Å². The van der Waals surface area contributed by atoms with Crippen LogP contribution in [0.1, 0.15) is 24.9 Å². The van der Waals surface area contributed by atoms with Gasteiger partial charge in [0.2, 0.25) is 0 Å². The van der Waals surface area contributed by atoms with E-state index in [4.69, 9.17) is 5.11 Å². The fraction of sp³-hybridized carbons (Fsp3) is 0.462. The summed E-state index contributed by atoms with van der Waals surface area (Å²) in [6.07, 6.45) is 0.768. The lowest BCUT2D eigenvalue weighted by atomic mass is 10.1. The van der Waals surface area contributed by atoms with Gasteiger partial charge in [0.25, 0.3) is 0 Å². The molecule has 4 heteroatoms. The van der Waals surface area contributed by atoms with E-state index in [1.807, 2.05) is 0 Å². The minimum atomic E-state index is -0.665. The van der Waals surface area contributed by atoms with Crippen molar-refractivity contribution < 1.29 is 9.90 Å². The molecule has 2 atom stereocenters. The molecule has 1 aliphatic rings. The molecule has 92 valence electrons. The van der Waals surface area contributed by atoms with Gasteiger partial charge in [0.05, 0.1) is 5.92 Å². The molecular weight excluding hydrogens is 329 g/mol. The minimum Gasteiger partial charge on any atom is -0.481 e. The highest BCUT2D eigenvalue weighted by Crippen LogP contribution is 2.27. The van der Waals surface area contributed by atoms with E-state index < -0.39 is 5.97 Å². The Bertz CT molecular complexity index is 404. The first-order chi connectivity index (χ1) is 8.08. The van der Waals surface area contributed by atoms with Crippen LogP contribution in [0.2, 0.25) is 0 Å². The second-order valence-electron chi connectivity index (χ2n) is 4.55. The molecule has 0 amide bonds. The molecule has 1 fully saturated rings. The molecule has 1 saturated heterocycles. The monoisotopic (exact) mass is 345 g/mol. The average Bonchev–Trinajstić information content (AvgIpc) is 2.78. The van der Waals surface area contributed by atoms with E-state index in [9.17, 15) is 4.79 Å². The van der Waals surface area contributed by atoms with E-state index >= 15 is 0 Å². The van der Waals surface area contributed by atoms with Crippen molar-refractivity contribution in [3.8, 4) is 0 Å². The predicted molar refractivity (Wildman–Crippen MR) is 74.9 cm³/mol. The Morgan fingerprint density at radius 3 is 2.65 bits per heavy atom. The summed E-state index contributed by atoms with van der Waals surface area (Å²) in [6.45, 7) is 3.69. The Balaban J connectivity index is 2.04. The number of likely N-dealkylation sites (tertiary alicyclic amines) is 1. The van der Waals surface area contributed by atoms with E-state index in [0.717, 1.165) is 13.0 Å². The molecule has 0 aromatic heterocycles. The molecule has 0 saturated carbocycles. The zero-order valence-corrected chi connectivity index (χ0v) is 11.9. The maximum Gasteiger partial charge on any atom is 0.307 e. The maximum absolute atomic E-state index is 10.9. The summed E-state index contributed by atoms with van der Waals surface area (Å²) in [5, 5.41) is 8.99. The van der Waals surface area contributed by atoms with Crippen molar-refractivity contribution >= 4 is 28.6 Å². The Labute approximate surface area is 115 Å². The minimum absolute atomic E-state index is 0.193. The standard InChI is InChI=1S/C13H16INO2/c1-9(10-2-4-12(14)5-3-10)15-7-6-11(8-15)13(16)17/h2-5,9,11H,6-8H2,1H3,(H,16,17). The van der Waals surface area contributed by atoms with Gasteiger partial charge in [-0.15, -0.1) is 0 Å². The highest BCUT2D eigenvalue weighted by Gasteiger charge is 2.30. The van der Waals surface area contributed by atoms with Crippen LogP contribution < -0.4 is 0 Å². The fourth-order valence-electron chi connectivity index (χ4n) is 2.29. The summed E-state index contributed by atoms with van der Waals surface area (Å²) in [6, 6.07) is 8.74. The summed E-state index contributed by atoms with van der Waals surface area (Å²) in [4.78, 5) is 13.2. The molecule has 2 unspecified atom stereocenters. The molecule has 3 nitrogen and oxygen atoms in total. The Hall–Kier alpha value is -0.620. The Kier molecular flexibility index (Phi) is 4.04. The van der Waals surface area contributed by atoms with Crippen LogP contribution in [0.3, 0.4) is 0 Å². The second-order valence-corrected chi connectivity index (χ2v) is 5.79. The normalized spacial score (nSPS) is 22.6. The van der Waals surface area contributed by atoms with Crippen LogP contribution in [0, 0.1) is 9.49 Å². The third-order valence-electron chi connectivity index (χ3n) is 3.47. The van der Waals surface area contributed by atoms with E-state index in [1.165, 1.54) is 9.13 Å². The lowest BCUT2D eigenvalue weighted by Gasteiger charge is -2.24. The van der Waals surface area contributed by atoms with Crippen LogP contribution in [-0.2, 0) is 4.79 Å². The largest absolute Gasteiger partial charge is 0.481 e.